The van der Waals surface area contributed by atoms with Crippen LogP contribution in [-0.4, -0.2) is 38.5 Å². The van der Waals surface area contributed by atoms with Crippen molar-refractivity contribution < 1.29 is 9.47 Å². The van der Waals surface area contributed by atoms with Crippen LogP contribution in [0.4, 0.5) is 0 Å². The molecule has 1 spiro atoms. The van der Waals surface area contributed by atoms with E-state index >= 15 is 0 Å². The van der Waals surface area contributed by atoms with Crippen LogP contribution in [0.3, 0.4) is 0 Å². The first-order chi connectivity index (χ1) is 10.2. The molecule has 1 aliphatic carbocycles. The van der Waals surface area contributed by atoms with Gasteiger partial charge in [0.15, 0.2) is 0 Å². The molecule has 1 saturated carbocycles. The number of hydrogen-bond acceptors (Lipinski definition) is 3. The van der Waals surface area contributed by atoms with Gasteiger partial charge in [0, 0.05) is 13.7 Å². The molecule has 0 aromatic heterocycles. The molecule has 2 fully saturated rings. The molecule has 124 valence electrons. The average molecular weight is 297 g/mol. The fourth-order valence-corrected chi connectivity index (χ4v) is 4.02. The Hall–Kier alpha value is -0.120. The van der Waals surface area contributed by atoms with Gasteiger partial charge in [0.05, 0.1) is 18.3 Å². The van der Waals surface area contributed by atoms with Crippen LogP contribution in [0.1, 0.15) is 65.2 Å². The van der Waals surface area contributed by atoms with Crippen molar-refractivity contribution in [1.29, 1.82) is 0 Å². The minimum Gasteiger partial charge on any atom is -0.383 e. The fraction of sp³-hybridized carbons (Fsp3) is 1.00. The number of ether oxygens (including phenoxy) is 2. The molecule has 2 atom stereocenters. The van der Waals surface area contributed by atoms with E-state index in [1.807, 2.05) is 0 Å². The van der Waals surface area contributed by atoms with E-state index < -0.39 is 0 Å². The maximum Gasteiger partial charge on any atom is 0.0687 e. The lowest BCUT2D eigenvalue weighted by molar-refractivity contribution is -0.0713. The third-order valence-corrected chi connectivity index (χ3v) is 5.50. The van der Waals surface area contributed by atoms with Gasteiger partial charge < -0.3 is 14.8 Å². The van der Waals surface area contributed by atoms with E-state index in [9.17, 15) is 0 Å². The van der Waals surface area contributed by atoms with Crippen LogP contribution >= 0.6 is 0 Å². The monoisotopic (exact) mass is 297 g/mol. The third-order valence-electron chi connectivity index (χ3n) is 5.50. The van der Waals surface area contributed by atoms with Gasteiger partial charge in [-0.2, -0.15) is 0 Å². The molecule has 1 N–H and O–H groups in total. The first kappa shape index (κ1) is 17.2. The second-order valence-corrected chi connectivity index (χ2v) is 7.46. The Morgan fingerprint density at radius 2 is 1.95 bits per heavy atom. The second kappa shape index (κ2) is 8.50. The van der Waals surface area contributed by atoms with E-state index in [0.717, 1.165) is 19.7 Å². The summed E-state index contributed by atoms with van der Waals surface area (Å²) < 4.78 is 11.7. The first-order valence-electron chi connectivity index (χ1n) is 9.03. The van der Waals surface area contributed by atoms with Gasteiger partial charge in [-0.25, -0.2) is 0 Å². The van der Waals surface area contributed by atoms with Crippen LogP contribution in [0.25, 0.3) is 0 Å². The highest BCUT2D eigenvalue weighted by Gasteiger charge is 2.41. The summed E-state index contributed by atoms with van der Waals surface area (Å²) in [5.41, 5.74) is 0.272. The minimum absolute atomic E-state index is 0.272. The number of methoxy groups -OCH3 is 1. The lowest BCUT2D eigenvalue weighted by Gasteiger charge is -2.34. The van der Waals surface area contributed by atoms with E-state index in [1.54, 1.807) is 7.11 Å². The summed E-state index contributed by atoms with van der Waals surface area (Å²) in [6.07, 6.45) is 11.1. The van der Waals surface area contributed by atoms with Crippen LogP contribution in [-0.2, 0) is 9.47 Å². The molecule has 0 aromatic rings. The number of nitrogens with one attached hydrogen (secondary N) is 1. The van der Waals surface area contributed by atoms with Gasteiger partial charge in [0.1, 0.15) is 0 Å². The minimum atomic E-state index is 0.272. The number of hydrogen-bond donors (Lipinski definition) is 1. The Kier molecular flexibility index (Phi) is 6.97. The smallest absolute Gasteiger partial charge is 0.0687 e. The Bertz CT molecular complexity index is 287. The molecule has 0 radical (unpaired) electrons. The number of rotatable bonds is 8. The van der Waals surface area contributed by atoms with E-state index in [1.165, 1.54) is 51.4 Å². The first-order valence-corrected chi connectivity index (χ1v) is 9.03. The van der Waals surface area contributed by atoms with Crippen molar-refractivity contribution in [2.24, 2.45) is 11.8 Å². The van der Waals surface area contributed by atoms with E-state index in [0.29, 0.717) is 17.9 Å². The highest BCUT2D eigenvalue weighted by atomic mass is 16.5. The molecule has 1 saturated heterocycles. The molecule has 2 unspecified atom stereocenters. The molecular weight excluding hydrogens is 262 g/mol. The van der Waals surface area contributed by atoms with Crippen molar-refractivity contribution in [2.45, 2.75) is 76.9 Å². The second-order valence-electron chi connectivity index (χ2n) is 7.46. The van der Waals surface area contributed by atoms with Crippen molar-refractivity contribution >= 4 is 0 Å². The maximum atomic E-state index is 6.55. The SMILES string of the molecule is COCCNCC(CC1CCC2(CCCCC2)O1)C(C)C. The molecule has 1 heterocycles. The van der Waals surface area contributed by atoms with E-state index in [-0.39, 0.29) is 5.60 Å². The Balaban J connectivity index is 1.75. The molecule has 21 heavy (non-hydrogen) atoms. The van der Waals surface area contributed by atoms with Crippen molar-refractivity contribution in [1.82, 2.24) is 5.32 Å². The summed E-state index contributed by atoms with van der Waals surface area (Å²) in [6.45, 7) is 7.53. The topological polar surface area (TPSA) is 30.5 Å². The van der Waals surface area contributed by atoms with Crippen LogP contribution in [0.15, 0.2) is 0 Å². The van der Waals surface area contributed by atoms with Crippen LogP contribution in [0.2, 0.25) is 0 Å². The zero-order valence-electron chi connectivity index (χ0n) is 14.3. The van der Waals surface area contributed by atoms with Crippen molar-refractivity contribution in [3.63, 3.8) is 0 Å². The van der Waals surface area contributed by atoms with Gasteiger partial charge >= 0.3 is 0 Å². The normalized spacial score (nSPS) is 26.6. The van der Waals surface area contributed by atoms with Gasteiger partial charge in [-0.05, 0) is 50.5 Å². The molecule has 0 bridgehead atoms. The van der Waals surface area contributed by atoms with Crippen molar-refractivity contribution in [3.05, 3.63) is 0 Å². The summed E-state index contributed by atoms with van der Waals surface area (Å²) in [7, 11) is 1.76. The molecular formula is C18H35NO2. The molecule has 2 aliphatic rings. The summed E-state index contributed by atoms with van der Waals surface area (Å²) in [6, 6.07) is 0. The molecule has 0 aromatic carbocycles. The molecule has 0 amide bonds. The van der Waals surface area contributed by atoms with E-state index in [2.05, 4.69) is 19.2 Å². The van der Waals surface area contributed by atoms with Crippen molar-refractivity contribution in [3.8, 4) is 0 Å². The predicted molar refractivity (Wildman–Crippen MR) is 87.6 cm³/mol. The van der Waals surface area contributed by atoms with Gasteiger partial charge in [-0.15, -0.1) is 0 Å². The highest BCUT2D eigenvalue weighted by molar-refractivity contribution is 4.92. The maximum absolute atomic E-state index is 6.55. The zero-order chi connectivity index (χ0) is 15.1. The summed E-state index contributed by atoms with van der Waals surface area (Å²) in [5, 5.41) is 3.53. The molecule has 2 rings (SSSR count). The average Bonchev–Trinajstić information content (AvgIpc) is 2.85. The molecule has 3 nitrogen and oxygen atoms in total. The Labute approximate surface area is 131 Å². The van der Waals surface area contributed by atoms with Gasteiger partial charge in [-0.1, -0.05) is 33.1 Å². The predicted octanol–water partition coefficient (Wildman–Crippen LogP) is 3.77. The third kappa shape index (κ3) is 5.22. The summed E-state index contributed by atoms with van der Waals surface area (Å²) in [4.78, 5) is 0. The quantitative estimate of drug-likeness (QED) is 0.692. The molecule has 3 heteroatoms. The summed E-state index contributed by atoms with van der Waals surface area (Å²) >= 11 is 0. The molecule has 1 aliphatic heterocycles. The zero-order valence-corrected chi connectivity index (χ0v) is 14.3. The van der Waals surface area contributed by atoms with Crippen LogP contribution in [0.5, 0.6) is 0 Å². The van der Waals surface area contributed by atoms with Crippen molar-refractivity contribution in [2.75, 3.05) is 26.8 Å². The van der Waals surface area contributed by atoms with Gasteiger partial charge in [0.25, 0.3) is 0 Å². The van der Waals surface area contributed by atoms with Gasteiger partial charge in [0.2, 0.25) is 0 Å². The Morgan fingerprint density at radius 1 is 1.19 bits per heavy atom. The Morgan fingerprint density at radius 3 is 2.62 bits per heavy atom. The summed E-state index contributed by atoms with van der Waals surface area (Å²) in [5.74, 6) is 1.43. The van der Waals surface area contributed by atoms with Gasteiger partial charge in [-0.3, -0.25) is 0 Å². The largest absolute Gasteiger partial charge is 0.383 e. The fourth-order valence-electron chi connectivity index (χ4n) is 4.02. The standard InChI is InChI=1S/C18H35NO2/c1-15(2)16(14-19-11-12-20-3)13-17-7-10-18(21-17)8-5-4-6-9-18/h15-17,19H,4-14H2,1-3H3. The lowest BCUT2D eigenvalue weighted by atomic mass is 9.82. The van der Waals surface area contributed by atoms with E-state index in [4.69, 9.17) is 9.47 Å². The lowest BCUT2D eigenvalue weighted by Crippen LogP contribution is -2.34. The van der Waals surface area contributed by atoms with Crippen LogP contribution in [0, 0.1) is 11.8 Å². The van der Waals surface area contributed by atoms with Crippen LogP contribution < -0.4 is 5.32 Å². The highest BCUT2D eigenvalue weighted by Crippen LogP contribution is 2.43.